The van der Waals surface area contributed by atoms with Crippen LogP contribution in [0.2, 0.25) is 0 Å². The summed E-state index contributed by atoms with van der Waals surface area (Å²) in [6.07, 6.45) is 5.43. The minimum absolute atomic E-state index is 0.433. The van der Waals surface area contributed by atoms with Crippen molar-refractivity contribution in [1.82, 2.24) is 15.1 Å². The summed E-state index contributed by atoms with van der Waals surface area (Å²) in [7, 11) is 0. The lowest BCUT2D eigenvalue weighted by molar-refractivity contribution is 0.184. The van der Waals surface area contributed by atoms with Crippen LogP contribution in [0.25, 0.3) is 0 Å². The molecule has 4 nitrogen and oxygen atoms in total. The summed E-state index contributed by atoms with van der Waals surface area (Å²) in [6.45, 7) is 11.7. The van der Waals surface area contributed by atoms with Gasteiger partial charge in [0.2, 0.25) is 0 Å². The molecule has 2 atom stereocenters. The highest BCUT2D eigenvalue weighted by Crippen LogP contribution is 2.30. The van der Waals surface area contributed by atoms with Gasteiger partial charge >= 0.3 is 0 Å². The maximum absolute atomic E-state index is 5.57. The Balaban J connectivity index is 2.36. The summed E-state index contributed by atoms with van der Waals surface area (Å²) >= 11 is 0. The average Bonchev–Trinajstić information content (AvgIpc) is 3.15. The Morgan fingerprint density at radius 2 is 2.10 bits per heavy atom. The van der Waals surface area contributed by atoms with Crippen molar-refractivity contribution in [3.05, 3.63) is 17.0 Å². The van der Waals surface area contributed by atoms with Gasteiger partial charge in [0.1, 0.15) is 0 Å². The van der Waals surface area contributed by atoms with Crippen molar-refractivity contribution in [2.75, 3.05) is 19.8 Å². The van der Waals surface area contributed by atoms with E-state index >= 15 is 0 Å². The summed E-state index contributed by atoms with van der Waals surface area (Å²) in [6, 6.07) is 0.869. The van der Waals surface area contributed by atoms with E-state index in [2.05, 4.69) is 37.7 Å². The summed E-state index contributed by atoms with van der Waals surface area (Å²) < 4.78 is 7.84. The normalized spacial score (nSPS) is 20.1. The zero-order valence-corrected chi connectivity index (χ0v) is 14.1. The monoisotopic (exact) mass is 293 g/mol. The number of ether oxygens (including phenoxy) is 1. The van der Waals surface area contributed by atoms with Crippen LogP contribution in [0, 0.1) is 0 Å². The van der Waals surface area contributed by atoms with Gasteiger partial charge in [0.15, 0.2) is 0 Å². The summed E-state index contributed by atoms with van der Waals surface area (Å²) in [5.41, 5.74) is 4.15. The van der Waals surface area contributed by atoms with E-state index < -0.39 is 0 Å². The zero-order valence-electron chi connectivity index (χ0n) is 14.1. The Morgan fingerprint density at radius 1 is 1.29 bits per heavy atom. The van der Waals surface area contributed by atoms with Crippen LogP contribution < -0.4 is 5.32 Å². The lowest BCUT2D eigenvalue weighted by Gasteiger charge is -2.20. The number of aromatic nitrogens is 2. The van der Waals surface area contributed by atoms with E-state index in [0.29, 0.717) is 12.1 Å². The molecule has 0 bridgehead atoms. The molecule has 21 heavy (non-hydrogen) atoms. The van der Waals surface area contributed by atoms with Crippen molar-refractivity contribution in [3.8, 4) is 0 Å². The van der Waals surface area contributed by atoms with Crippen molar-refractivity contribution in [2.45, 2.75) is 71.9 Å². The first-order valence-electron chi connectivity index (χ1n) is 8.67. The second kappa shape index (κ2) is 7.95. The topological polar surface area (TPSA) is 39.1 Å². The highest BCUT2D eigenvalue weighted by molar-refractivity contribution is 5.31. The molecule has 1 saturated heterocycles. The molecule has 1 fully saturated rings. The molecule has 0 spiro atoms. The third kappa shape index (κ3) is 3.49. The largest absolute Gasteiger partial charge is 0.379 e. The molecule has 1 aromatic heterocycles. The van der Waals surface area contributed by atoms with Crippen LogP contribution in [0.4, 0.5) is 0 Å². The highest BCUT2D eigenvalue weighted by Gasteiger charge is 2.27. The minimum atomic E-state index is 0.433. The van der Waals surface area contributed by atoms with Crippen LogP contribution in [-0.4, -0.2) is 29.5 Å². The molecule has 120 valence electrons. The molecule has 0 aromatic carbocycles. The molecular weight excluding hydrogens is 262 g/mol. The third-order valence-corrected chi connectivity index (χ3v) is 4.45. The van der Waals surface area contributed by atoms with Crippen molar-refractivity contribution in [3.63, 3.8) is 0 Å². The second-order valence-corrected chi connectivity index (χ2v) is 5.89. The van der Waals surface area contributed by atoms with Crippen molar-refractivity contribution >= 4 is 0 Å². The Hall–Kier alpha value is -0.870. The summed E-state index contributed by atoms with van der Waals surface area (Å²) in [5, 5.41) is 8.66. The van der Waals surface area contributed by atoms with Crippen LogP contribution in [-0.2, 0) is 17.6 Å². The molecule has 0 amide bonds. The molecule has 0 radical (unpaired) electrons. The molecule has 2 unspecified atom stereocenters. The summed E-state index contributed by atoms with van der Waals surface area (Å²) in [5.74, 6) is 0. The maximum Gasteiger partial charge on any atom is 0.0777 e. The van der Waals surface area contributed by atoms with Gasteiger partial charge in [0.25, 0.3) is 0 Å². The lowest BCUT2D eigenvalue weighted by atomic mass is 9.98. The van der Waals surface area contributed by atoms with Gasteiger partial charge < -0.3 is 10.1 Å². The van der Waals surface area contributed by atoms with Crippen LogP contribution in [0.1, 0.15) is 76.0 Å². The Kier molecular flexibility index (Phi) is 6.24. The van der Waals surface area contributed by atoms with Gasteiger partial charge in [-0.2, -0.15) is 5.10 Å². The van der Waals surface area contributed by atoms with Crippen LogP contribution in [0.3, 0.4) is 0 Å². The van der Waals surface area contributed by atoms with E-state index in [0.717, 1.165) is 45.4 Å². The van der Waals surface area contributed by atoms with Gasteiger partial charge in [-0.05, 0) is 38.6 Å². The predicted molar refractivity (Wildman–Crippen MR) is 86.8 cm³/mol. The van der Waals surface area contributed by atoms with Gasteiger partial charge in [-0.1, -0.05) is 27.7 Å². The van der Waals surface area contributed by atoms with Crippen LogP contribution >= 0.6 is 0 Å². The molecule has 4 heteroatoms. The number of rotatable bonds is 8. The van der Waals surface area contributed by atoms with Gasteiger partial charge in [0, 0.05) is 23.9 Å². The molecular formula is C17H31N3O. The fraction of sp³-hybridized carbons (Fsp3) is 0.824. The van der Waals surface area contributed by atoms with E-state index in [-0.39, 0.29) is 0 Å². The standard InChI is InChI=1S/C17H31N3O/c1-5-10-18-14(6-2)17-15(7-3)19-20(16(17)8-4)13-9-11-21-12-13/h13-14,18H,5-12H2,1-4H3. The molecule has 2 heterocycles. The Labute approximate surface area is 129 Å². The molecule has 0 aliphatic carbocycles. The quantitative estimate of drug-likeness (QED) is 0.798. The Morgan fingerprint density at radius 3 is 2.62 bits per heavy atom. The van der Waals surface area contributed by atoms with Crippen LogP contribution in [0.5, 0.6) is 0 Å². The molecule has 1 aliphatic rings. The summed E-state index contributed by atoms with van der Waals surface area (Å²) in [4.78, 5) is 0. The van der Waals surface area contributed by atoms with E-state index in [1.165, 1.54) is 23.4 Å². The highest BCUT2D eigenvalue weighted by atomic mass is 16.5. The fourth-order valence-electron chi connectivity index (χ4n) is 3.34. The van der Waals surface area contributed by atoms with Crippen molar-refractivity contribution < 1.29 is 4.74 Å². The van der Waals surface area contributed by atoms with E-state index in [9.17, 15) is 0 Å². The number of hydrogen-bond donors (Lipinski definition) is 1. The smallest absolute Gasteiger partial charge is 0.0777 e. The minimum Gasteiger partial charge on any atom is -0.379 e. The van der Waals surface area contributed by atoms with Gasteiger partial charge in [0.05, 0.1) is 18.3 Å². The number of hydrogen-bond acceptors (Lipinski definition) is 3. The predicted octanol–water partition coefficient (Wildman–Crippen LogP) is 3.42. The number of nitrogens with one attached hydrogen (secondary N) is 1. The average molecular weight is 293 g/mol. The molecule has 2 rings (SSSR count). The van der Waals surface area contributed by atoms with E-state index in [1.54, 1.807) is 0 Å². The first-order valence-corrected chi connectivity index (χ1v) is 8.67. The number of aryl methyl sites for hydroxylation is 1. The first-order chi connectivity index (χ1) is 10.3. The first kappa shape index (κ1) is 16.5. The fourth-order valence-corrected chi connectivity index (χ4v) is 3.34. The van der Waals surface area contributed by atoms with Crippen LogP contribution in [0.15, 0.2) is 0 Å². The zero-order chi connectivity index (χ0) is 15.2. The molecule has 1 aliphatic heterocycles. The second-order valence-electron chi connectivity index (χ2n) is 5.89. The van der Waals surface area contributed by atoms with E-state index in [4.69, 9.17) is 9.84 Å². The van der Waals surface area contributed by atoms with Crippen molar-refractivity contribution in [1.29, 1.82) is 0 Å². The molecule has 1 N–H and O–H groups in total. The third-order valence-electron chi connectivity index (χ3n) is 4.45. The maximum atomic E-state index is 5.57. The SMILES string of the molecule is CCCNC(CC)c1c(CC)nn(C2CCOC2)c1CC. The number of nitrogens with zero attached hydrogens (tertiary/aromatic N) is 2. The Bertz CT molecular complexity index is 435. The lowest BCUT2D eigenvalue weighted by Crippen LogP contribution is -2.23. The molecule has 0 saturated carbocycles. The van der Waals surface area contributed by atoms with Crippen molar-refractivity contribution in [2.24, 2.45) is 0 Å². The van der Waals surface area contributed by atoms with Gasteiger partial charge in [-0.15, -0.1) is 0 Å². The van der Waals surface area contributed by atoms with E-state index in [1.807, 2.05) is 0 Å². The van der Waals surface area contributed by atoms with Gasteiger partial charge in [-0.3, -0.25) is 4.68 Å². The molecule has 1 aromatic rings. The van der Waals surface area contributed by atoms with Gasteiger partial charge in [-0.25, -0.2) is 0 Å².